The summed E-state index contributed by atoms with van der Waals surface area (Å²) in [7, 11) is -3.05. The van der Waals surface area contributed by atoms with Gasteiger partial charge in [0.1, 0.15) is 0 Å². The van der Waals surface area contributed by atoms with Gasteiger partial charge in [-0.1, -0.05) is 20.3 Å². The summed E-state index contributed by atoms with van der Waals surface area (Å²) in [5.74, 6) is 0.842. The van der Waals surface area contributed by atoms with Gasteiger partial charge in [0.15, 0.2) is 0 Å². The van der Waals surface area contributed by atoms with Crippen molar-refractivity contribution in [1.82, 2.24) is 10.0 Å². The molecule has 0 aliphatic carbocycles. The van der Waals surface area contributed by atoms with Crippen LogP contribution >= 0.6 is 0 Å². The van der Waals surface area contributed by atoms with E-state index in [0.29, 0.717) is 24.9 Å². The highest BCUT2D eigenvalue weighted by molar-refractivity contribution is 7.89. The number of nitrogens with one attached hydrogen (secondary N) is 2. The summed E-state index contributed by atoms with van der Waals surface area (Å²) in [5, 5.41) is 3.41. The second-order valence-corrected chi connectivity index (χ2v) is 6.46. The molecule has 1 saturated heterocycles. The van der Waals surface area contributed by atoms with Crippen molar-refractivity contribution in [3.8, 4) is 0 Å². The summed E-state index contributed by atoms with van der Waals surface area (Å²) >= 11 is 0. The van der Waals surface area contributed by atoms with Crippen molar-refractivity contribution in [3.05, 3.63) is 0 Å². The third kappa shape index (κ3) is 4.39. The zero-order chi connectivity index (χ0) is 12.0. The highest BCUT2D eigenvalue weighted by Gasteiger charge is 2.24. The van der Waals surface area contributed by atoms with E-state index in [9.17, 15) is 8.42 Å². The van der Waals surface area contributed by atoms with E-state index in [1.54, 1.807) is 0 Å². The monoisotopic (exact) mass is 248 g/mol. The number of rotatable bonds is 6. The molecule has 2 unspecified atom stereocenters. The average molecular weight is 248 g/mol. The normalized spacial score (nSPS) is 26.9. The van der Waals surface area contributed by atoms with E-state index in [-0.39, 0.29) is 5.75 Å². The number of hydrogen-bond acceptors (Lipinski definition) is 3. The van der Waals surface area contributed by atoms with Gasteiger partial charge in [0.25, 0.3) is 0 Å². The first-order chi connectivity index (χ1) is 7.59. The Labute approximate surface area is 99.2 Å². The van der Waals surface area contributed by atoms with Gasteiger partial charge in [0.2, 0.25) is 10.0 Å². The van der Waals surface area contributed by atoms with E-state index in [1.165, 1.54) is 12.8 Å². The molecule has 0 bridgehead atoms. The van der Waals surface area contributed by atoms with Crippen LogP contribution in [0.5, 0.6) is 0 Å². The molecule has 5 heteroatoms. The smallest absolute Gasteiger partial charge is 0.211 e. The lowest BCUT2D eigenvalue weighted by atomic mass is 9.89. The summed E-state index contributed by atoms with van der Waals surface area (Å²) in [6, 6.07) is 0.311. The third-order valence-electron chi connectivity index (χ3n) is 3.25. The van der Waals surface area contributed by atoms with Crippen molar-refractivity contribution in [1.29, 1.82) is 0 Å². The lowest BCUT2D eigenvalue weighted by Crippen LogP contribution is -2.48. The Morgan fingerprint density at radius 1 is 1.38 bits per heavy atom. The van der Waals surface area contributed by atoms with Gasteiger partial charge in [-0.3, -0.25) is 0 Å². The van der Waals surface area contributed by atoms with Crippen molar-refractivity contribution >= 4 is 10.0 Å². The van der Waals surface area contributed by atoms with E-state index >= 15 is 0 Å². The minimum Gasteiger partial charge on any atom is -0.312 e. The van der Waals surface area contributed by atoms with E-state index < -0.39 is 10.0 Å². The van der Waals surface area contributed by atoms with Crippen LogP contribution in [0.3, 0.4) is 0 Å². The lowest BCUT2D eigenvalue weighted by Gasteiger charge is -2.32. The zero-order valence-corrected chi connectivity index (χ0v) is 11.1. The van der Waals surface area contributed by atoms with Crippen LogP contribution in [0.25, 0.3) is 0 Å². The second kappa shape index (κ2) is 6.57. The maximum absolute atomic E-state index is 11.5. The molecule has 0 saturated carbocycles. The van der Waals surface area contributed by atoms with Gasteiger partial charge in [-0.2, -0.15) is 0 Å². The molecule has 2 N–H and O–H groups in total. The van der Waals surface area contributed by atoms with E-state index in [0.717, 1.165) is 13.0 Å². The molecule has 0 spiro atoms. The van der Waals surface area contributed by atoms with Crippen LogP contribution in [-0.2, 0) is 10.0 Å². The largest absolute Gasteiger partial charge is 0.312 e. The van der Waals surface area contributed by atoms with Gasteiger partial charge in [0.05, 0.1) is 5.75 Å². The Balaban J connectivity index is 2.41. The molecule has 16 heavy (non-hydrogen) atoms. The maximum Gasteiger partial charge on any atom is 0.211 e. The minimum absolute atomic E-state index is 0.233. The zero-order valence-electron chi connectivity index (χ0n) is 10.3. The van der Waals surface area contributed by atoms with E-state index in [1.807, 2.05) is 6.92 Å². The summed E-state index contributed by atoms with van der Waals surface area (Å²) in [4.78, 5) is 0. The minimum atomic E-state index is -3.05. The quantitative estimate of drug-likeness (QED) is 0.740. The Morgan fingerprint density at radius 3 is 2.75 bits per heavy atom. The molecule has 0 aromatic carbocycles. The molecular formula is C11H24N2O2S. The molecule has 0 aromatic heterocycles. The van der Waals surface area contributed by atoms with Gasteiger partial charge in [-0.15, -0.1) is 0 Å². The number of piperidine rings is 1. The molecule has 1 rings (SSSR count). The van der Waals surface area contributed by atoms with Crippen LogP contribution in [0.15, 0.2) is 0 Å². The fraction of sp³-hybridized carbons (Fsp3) is 1.00. The summed E-state index contributed by atoms with van der Waals surface area (Å²) < 4.78 is 25.8. The van der Waals surface area contributed by atoms with Gasteiger partial charge < -0.3 is 5.32 Å². The van der Waals surface area contributed by atoms with Gasteiger partial charge in [0, 0.05) is 12.6 Å². The lowest BCUT2D eigenvalue weighted by molar-refractivity contribution is 0.273. The number of hydrogen-bond donors (Lipinski definition) is 2. The van der Waals surface area contributed by atoms with Crippen LogP contribution in [0, 0.1) is 5.92 Å². The van der Waals surface area contributed by atoms with Crippen LogP contribution in [0.2, 0.25) is 0 Å². The van der Waals surface area contributed by atoms with E-state index in [4.69, 9.17) is 0 Å². The molecule has 0 amide bonds. The molecule has 1 heterocycles. The first kappa shape index (κ1) is 13.9. The summed E-state index contributed by atoms with van der Waals surface area (Å²) in [5.41, 5.74) is 0. The van der Waals surface area contributed by atoms with Crippen LogP contribution in [0.1, 0.15) is 39.5 Å². The fourth-order valence-corrected chi connectivity index (χ4v) is 3.42. The third-order valence-corrected chi connectivity index (χ3v) is 4.80. The molecular weight excluding hydrogens is 224 g/mol. The summed E-state index contributed by atoms with van der Waals surface area (Å²) in [6.07, 6.45) is 4.21. The number of sulfonamides is 1. The maximum atomic E-state index is 11.5. The molecule has 1 aliphatic heterocycles. The standard InChI is InChI=1S/C11H24N2O2S/c1-3-8-16(14,15)13-9-11-10(4-2)6-5-7-12-11/h10-13H,3-9H2,1-2H3. The SMILES string of the molecule is CCCS(=O)(=O)NCC1NCCCC1CC. The molecule has 1 aliphatic rings. The Hall–Kier alpha value is -0.130. The van der Waals surface area contributed by atoms with Crippen molar-refractivity contribution in [3.63, 3.8) is 0 Å². The highest BCUT2D eigenvalue weighted by Crippen LogP contribution is 2.19. The van der Waals surface area contributed by atoms with Gasteiger partial charge in [-0.05, 0) is 31.7 Å². The predicted octanol–water partition coefficient (Wildman–Crippen LogP) is 1.09. The predicted molar refractivity (Wildman–Crippen MR) is 66.9 cm³/mol. The summed E-state index contributed by atoms with van der Waals surface area (Å²) in [6.45, 7) is 5.61. The second-order valence-electron chi connectivity index (χ2n) is 4.54. The molecule has 0 aromatic rings. The molecule has 0 radical (unpaired) electrons. The first-order valence-electron chi connectivity index (χ1n) is 6.29. The molecule has 1 fully saturated rings. The van der Waals surface area contributed by atoms with Gasteiger partial charge >= 0.3 is 0 Å². The Bertz CT molecular complexity index is 290. The highest BCUT2D eigenvalue weighted by atomic mass is 32.2. The Kier molecular flexibility index (Phi) is 5.72. The first-order valence-corrected chi connectivity index (χ1v) is 7.95. The van der Waals surface area contributed by atoms with Crippen molar-refractivity contribution in [2.24, 2.45) is 5.92 Å². The van der Waals surface area contributed by atoms with E-state index in [2.05, 4.69) is 17.0 Å². The van der Waals surface area contributed by atoms with Crippen molar-refractivity contribution in [2.75, 3.05) is 18.8 Å². The Morgan fingerprint density at radius 2 is 2.12 bits per heavy atom. The van der Waals surface area contributed by atoms with Crippen molar-refractivity contribution in [2.45, 2.75) is 45.6 Å². The fourth-order valence-electron chi connectivity index (χ4n) is 2.30. The van der Waals surface area contributed by atoms with Gasteiger partial charge in [-0.25, -0.2) is 13.1 Å². The molecule has 96 valence electrons. The molecule has 4 nitrogen and oxygen atoms in total. The van der Waals surface area contributed by atoms with Crippen LogP contribution < -0.4 is 10.0 Å². The van der Waals surface area contributed by atoms with Crippen molar-refractivity contribution < 1.29 is 8.42 Å². The average Bonchev–Trinajstić information content (AvgIpc) is 2.27. The topological polar surface area (TPSA) is 58.2 Å². The molecule has 2 atom stereocenters. The van der Waals surface area contributed by atoms with Crippen LogP contribution in [-0.4, -0.2) is 33.3 Å². The van der Waals surface area contributed by atoms with Crippen LogP contribution in [0.4, 0.5) is 0 Å².